The van der Waals surface area contributed by atoms with E-state index in [1.807, 2.05) is 17.0 Å². The lowest BCUT2D eigenvalue weighted by Crippen LogP contribution is -2.38. The van der Waals surface area contributed by atoms with Gasteiger partial charge in [-0.05, 0) is 31.9 Å². The number of methoxy groups -OCH3 is 1. The summed E-state index contributed by atoms with van der Waals surface area (Å²) in [6, 6.07) is 7.25. The molecule has 2 heterocycles. The van der Waals surface area contributed by atoms with Crippen molar-refractivity contribution in [3.63, 3.8) is 0 Å². The second kappa shape index (κ2) is 7.82. The summed E-state index contributed by atoms with van der Waals surface area (Å²) in [4.78, 5) is 32.7. The number of nitrogens with zero attached hydrogens (tertiary/aromatic N) is 3. The molecule has 1 saturated heterocycles. The highest BCUT2D eigenvalue weighted by Crippen LogP contribution is 2.30. The molecule has 27 heavy (non-hydrogen) atoms. The lowest BCUT2D eigenvalue weighted by Gasteiger charge is -2.31. The highest BCUT2D eigenvalue weighted by atomic mass is 16.5. The smallest absolute Gasteiger partial charge is 0.275 e. The van der Waals surface area contributed by atoms with E-state index in [-0.39, 0.29) is 17.7 Å². The van der Waals surface area contributed by atoms with E-state index in [9.17, 15) is 9.59 Å². The zero-order valence-electron chi connectivity index (χ0n) is 16.2. The summed E-state index contributed by atoms with van der Waals surface area (Å²) in [5.74, 6) is 1.62. The van der Waals surface area contributed by atoms with Gasteiger partial charge in [-0.1, -0.05) is 12.1 Å². The van der Waals surface area contributed by atoms with E-state index >= 15 is 0 Å². The number of rotatable bonds is 4. The van der Waals surface area contributed by atoms with Crippen LogP contribution in [0.25, 0.3) is 0 Å². The van der Waals surface area contributed by atoms with Gasteiger partial charge >= 0.3 is 0 Å². The molecule has 1 aromatic heterocycles. The molecule has 7 nitrogen and oxygen atoms in total. The molecule has 1 aliphatic heterocycles. The molecule has 0 unspecified atom stereocenters. The van der Waals surface area contributed by atoms with E-state index in [1.54, 1.807) is 40.3 Å². The fourth-order valence-corrected chi connectivity index (χ4v) is 3.32. The number of likely N-dealkylation sites (tertiary alicyclic amines) is 1. The maximum Gasteiger partial charge on any atom is 0.275 e. The molecule has 1 aromatic carbocycles. The number of para-hydroxylation sites is 1. The third-order valence-corrected chi connectivity index (χ3v) is 4.89. The first-order valence-corrected chi connectivity index (χ1v) is 9.03. The van der Waals surface area contributed by atoms with Gasteiger partial charge in [0.25, 0.3) is 11.8 Å². The van der Waals surface area contributed by atoms with Gasteiger partial charge in [0.2, 0.25) is 0 Å². The molecule has 2 aromatic rings. The lowest BCUT2D eigenvalue weighted by molar-refractivity contribution is 0.0702. The average Bonchev–Trinajstić information content (AvgIpc) is 3.08. The molecule has 0 aliphatic carbocycles. The van der Waals surface area contributed by atoms with E-state index < -0.39 is 0 Å². The van der Waals surface area contributed by atoms with Crippen LogP contribution in [-0.2, 0) is 0 Å². The maximum absolute atomic E-state index is 12.8. The fourth-order valence-electron chi connectivity index (χ4n) is 3.32. The van der Waals surface area contributed by atoms with E-state index in [4.69, 9.17) is 9.15 Å². The van der Waals surface area contributed by atoms with Crippen LogP contribution in [-0.4, -0.2) is 60.9 Å². The largest absolute Gasteiger partial charge is 0.496 e. The van der Waals surface area contributed by atoms with Crippen LogP contribution in [0.2, 0.25) is 0 Å². The van der Waals surface area contributed by atoms with Gasteiger partial charge in [0, 0.05) is 33.1 Å². The molecule has 0 atom stereocenters. The first-order valence-electron chi connectivity index (χ1n) is 9.03. The average molecular weight is 371 g/mol. The predicted octanol–water partition coefficient (Wildman–Crippen LogP) is 2.71. The number of carbonyl (C=O) groups is 2. The summed E-state index contributed by atoms with van der Waals surface area (Å²) in [6.07, 6.45) is 1.49. The van der Waals surface area contributed by atoms with Crippen molar-refractivity contribution >= 4 is 11.8 Å². The molecule has 1 aliphatic rings. The van der Waals surface area contributed by atoms with Gasteiger partial charge < -0.3 is 19.0 Å². The highest BCUT2D eigenvalue weighted by Gasteiger charge is 2.30. The second-order valence-corrected chi connectivity index (χ2v) is 6.92. The molecule has 144 valence electrons. The van der Waals surface area contributed by atoms with Crippen molar-refractivity contribution in [3.8, 4) is 5.75 Å². The molecule has 3 rings (SSSR count). The van der Waals surface area contributed by atoms with Crippen LogP contribution in [0.3, 0.4) is 0 Å². The Morgan fingerprint density at radius 2 is 1.89 bits per heavy atom. The van der Waals surface area contributed by atoms with Crippen molar-refractivity contribution in [2.45, 2.75) is 25.7 Å². The van der Waals surface area contributed by atoms with Crippen LogP contribution in [0.1, 0.15) is 51.3 Å². The Hall–Kier alpha value is -2.83. The Kier molecular flexibility index (Phi) is 5.48. The molecule has 0 saturated carbocycles. The Morgan fingerprint density at radius 1 is 1.22 bits per heavy atom. The Labute approximate surface area is 158 Å². The number of carbonyl (C=O) groups excluding carboxylic acids is 2. The Bertz CT molecular complexity index is 836. The van der Waals surface area contributed by atoms with Gasteiger partial charge in [-0.25, -0.2) is 4.98 Å². The van der Waals surface area contributed by atoms with Crippen molar-refractivity contribution in [1.29, 1.82) is 0 Å². The SMILES string of the molecule is COc1ccccc1C(=O)N1CCC(c2nc(C(=O)N(C)C)c(C)o2)CC1. The number of benzene rings is 1. The molecule has 2 amide bonds. The molecule has 0 N–H and O–H groups in total. The number of hydrogen-bond donors (Lipinski definition) is 0. The van der Waals surface area contributed by atoms with Crippen LogP contribution < -0.4 is 4.74 Å². The van der Waals surface area contributed by atoms with Crippen LogP contribution >= 0.6 is 0 Å². The van der Waals surface area contributed by atoms with Crippen molar-refractivity contribution in [2.24, 2.45) is 0 Å². The second-order valence-electron chi connectivity index (χ2n) is 6.92. The van der Waals surface area contributed by atoms with Crippen molar-refractivity contribution < 1.29 is 18.7 Å². The van der Waals surface area contributed by atoms with Gasteiger partial charge in [-0.15, -0.1) is 0 Å². The number of amides is 2. The standard InChI is InChI=1S/C20H25N3O4/c1-13-17(20(25)22(2)3)21-18(27-13)14-9-11-23(12-10-14)19(24)15-7-5-6-8-16(15)26-4/h5-8,14H,9-12H2,1-4H3. The molecule has 1 fully saturated rings. The summed E-state index contributed by atoms with van der Waals surface area (Å²) in [5, 5.41) is 0. The minimum absolute atomic E-state index is 0.0297. The van der Waals surface area contributed by atoms with Crippen molar-refractivity contribution in [3.05, 3.63) is 47.2 Å². The highest BCUT2D eigenvalue weighted by molar-refractivity contribution is 5.97. The molecule has 0 radical (unpaired) electrons. The van der Waals surface area contributed by atoms with Crippen molar-refractivity contribution in [2.75, 3.05) is 34.3 Å². The van der Waals surface area contributed by atoms with Crippen LogP contribution in [0.15, 0.2) is 28.7 Å². The van der Waals surface area contributed by atoms with Crippen LogP contribution in [0.5, 0.6) is 5.75 Å². The molecule has 0 bridgehead atoms. The quantitative estimate of drug-likeness (QED) is 0.826. The lowest BCUT2D eigenvalue weighted by atomic mass is 9.96. The topological polar surface area (TPSA) is 75.9 Å². The molecular formula is C20H25N3O4. The van der Waals surface area contributed by atoms with Crippen LogP contribution in [0, 0.1) is 6.92 Å². The van der Waals surface area contributed by atoms with E-state index in [0.717, 1.165) is 12.8 Å². The van der Waals surface area contributed by atoms with Gasteiger partial charge in [-0.3, -0.25) is 9.59 Å². The monoisotopic (exact) mass is 371 g/mol. The zero-order chi connectivity index (χ0) is 19.6. The van der Waals surface area contributed by atoms with E-state index in [2.05, 4.69) is 4.98 Å². The third kappa shape index (κ3) is 3.82. The normalized spacial score (nSPS) is 14.9. The van der Waals surface area contributed by atoms with Crippen LogP contribution in [0.4, 0.5) is 0 Å². The number of ether oxygens (including phenoxy) is 1. The summed E-state index contributed by atoms with van der Waals surface area (Å²) in [5.41, 5.74) is 0.937. The summed E-state index contributed by atoms with van der Waals surface area (Å²) < 4.78 is 11.1. The van der Waals surface area contributed by atoms with Gasteiger partial charge in [0.1, 0.15) is 11.5 Å². The first kappa shape index (κ1) is 18.9. The van der Waals surface area contributed by atoms with E-state index in [1.165, 1.54) is 4.90 Å². The molecule has 0 spiro atoms. The minimum Gasteiger partial charge on any atom is -0.496 e. The van der Waals surface area contributed by atoms with Gasteiger partial charge in [0.15, 0.2) is 11.6 Å². The summed E-state index contributed by atoms with van der Waals surface area (Å²) in [7, 11) is 4.95. The summed E-state index contributed by atoms with van der Waals surface area (Å²) in [6.45, 7) is 2.98. The summed E-state index contributed by atoms with van der Waals surface area (Å²) >= 11 is 0. The Balaban J connectivity index is 1.68. The third-order valence-electron chi connectivity index (χ3n) is 4.89. The fraction of sp³-hybridized carbons (Fsp3) is 0.450. The van der Waals surface area contributed by atoms with Crippen molar-refractivity contribution in [1.82, 2.24) is 14.8 Å². The Morgan fingerprint density at radius 3 is 2.52 bits per heavy atom. The predicted molar refractivity (Wildman–Crippen MR) is 100 cm³/mol. The number of hydrogen-bond acceptors (Lipinski definition) is 5. The minimum atomic E-state index is -0.161. The number of piperidine rings is 1. The maximum atomic E-state index is 12.8. The number of aryl methyl sites for hydroxylation is 1. The molecular weight excluding hydrogens is 346 g/mol. The number of aromatic nitrogens is 1. The number of oxazole rings is 1. The molecule has 7 heteroatoms. The van der Waals surface area contributed by atoms with E-state index in [0.29, 0.717) is 41.7 Å². The van der Waals surface area contributed by atoms with Gasteiger partial charge in [0.05, 0.1) is 12.7 Å². The van der Waals surface area contributed by atoms with Gasteiger partial charge in [-0.2, -0.15) is 0 Å². The zero-order valence-corrected chi connectivity index (χ0v) is 16.2. The first-order chi connectivity index (χ1) is 12.9.